The summed E-state index contributed by atoms with van der Waals surface area (Å²) in [5, 5.41) is 9.55. The summed E-state index contributed by atoms with van der Waals surface area (Å²) in [7, 11) is 0. The predicted octanol–water partition coefficient (Wildman–Crippen LogP) is 6.31. The second-order valence-corrected chi connectivity index (χ2v) is 11.9. The van der Waals surface area contributed by atoms with Crippen molar-refractivity contribution in [3.05, 3.63) is 113 Å². The van der Waals surface area contributed by atoms with E-state index in [1.165, 1.54) is 23.5 Å². The van der Waals surface area contributed by atoms with Gasteiger partial charge in [-0.2, -0.15) is 0 Å². The number of carboxylic acids is 1. The Balaban J connectivity index is 1.64. The van der Waals surface area contributed by atoms with E-state index in [9.17, 15) is 19.5 Å². The predicted molar refractivity (Wildman–Crippen MR) is 166 cm³/mol. The number of allylic oxidation sites excluding steroid dienone is 1. The number of carbonyl (C=O) groups is 2. The number of esters is 1. The summed E-state index contributed by atoms with van der Waals surface area (Å²) in [6.07, 6.45) is 2.95. The van der Waals surface area contributed by atoms with Gasteiger partial charge in [0.2, 0.25) is 0 Å². The quantitative estimate of drug-likeness (QED) is 0.220. The first-order valence-electron chi connectivity index (χ1n) is 14.1. The largest absolute Gasteiger partial charge is 0.478 e. The molecule has 5 rings (SSSR count). The third-order valence-corrected chi connectivity index (χ3v) is 8.51. The fraction of sp³-hybridized carbons (Fsp3) is 0.273. The minimum Gasteiger partial charge on any atom is -0.478 e. The van der Waals surface area contributed by atoms with Crippen molar-refractivity contribution in [2.75, 3.05) is 6.61 Å². The summed E-state index contributed by atoms with van der Waals surface area (Å²) in [5.41, 5.74) is 3.12. The molecule has 3 heterocycles. The molecular formula is C33H31ClN2O6S. The van der Waals surface area contributed by atoms with E-state index in [2.05, 4.69) is 13.8 Å². The zero-order valence-corrected chi connectivity index (χ0v) is 25.8. The van der Waals surface area contributed by atoms with E-state index in [1.54, 1.807) is 35.8 Å². The Morgan fingerprint density at radius 1 is 1.14 bits per heavy atom. The highest BCUT2D eigenvalue weighted by Crippen LogP contribution is 2.33. The number of thiazole rings is 1. The zero-order valence-electron chi connectivity index (χ0n) is 24.2. The third kappa shape index (κ3) is 6.00. The molecule has 222 valence electrons. The van der Waals surface area contributed by atoms with Gasteiger partial charge in [0, 0.05) is 11.6 Å². The summed E-state index contributed by atoms with van der Waals surface area (Å²) < 4.78 is 13.4. The highest BCUT2D eigenvalue weighted by molar-refractivity contribution is 7.07. The van der Waals surface area contributed by atoms with E-state index < -0.39 is 18.0 Å². The number of hydrogen-bond donors (Lipinski definition) is 1. The maximum atomic E-state index is 14.0. The smallest absolute Gasteiger partial charge is 0.338 e. The number of fused-ring (bicyclic) bond motifs is 1. The van der Waals surface area contributed by atoms with Crippen LogP contribution in [-0.2, 0) is 9.53 Å². The number of hydrogen-bond acceptors (Lipinski definition) is 7. The van der Waals surface area contributed by atoms with Crippen molar-refractivity contribution >= 4 is 41.0 Å². The van der Waals surface area contributed by atoms with E-state index in [0.29, 0.717) is 50.0 Å². The highest BCUT2D eigenvalue weighted by Gasteiger charge is 2.34. The highest BCUT2D eigenvalue weighted by atomic mass is 35.5. The fourth-order valence-corrected chi connectivity index (χ4v) is 6.26. The molecule has 0 bridgehead atoms. The average molecular weight is 619 g/mol. The Bertz CT molecular complexity index is 1910. The molecule has 1 atom stereocenters. The van der Waals surface area contributed by atoms with E-state index in [0.717, 1.165) is 17.5 Å². The SMILES string of the molecule is CCCC1=C(C(=O)OCC)[C@H](c2ccc(C(C)C)cc2)n2c(s/c(=C\c3ccc(-c4ccc(Cl)c(C(=O)O)c4)o3)c2=O)=N1. The molecule has 2 aromatic carbocycles. The number of halogens is 1. The average Bonchev–Trinajstić information content (AvgIpc) is 3.57. The lowest BCUT2D eigenvalue weighted by molar-refractivity contribution is -0.139. The molecular weight excluding hydrogens is 588 g/mol. The third-order valence-electron chi connectivity index (χ3n) is 7.19. The number of furan rings is 1. The maximum absolute atomic E-state index is 14.0. The van der Waals surface area contributed by atoms with Crippen LogP contribution in [0, 0.1) is 0 Å². The van der Waals surface area contributed by atoms with Crippen LogP contribution >= 0.6 is 22.9 Å². The van der Waals surface area contributed by atoms with Crippen LogP contribution in [-0.4, -0.2) is 28.2 Å². The maximum Gasteiger partial charge on any atom is 0.338 e. The van der Waals surface area contributed by atoms with Gasteiger partial charge < -0.3 is 14.3 Å². The molecule has 0 radical (unpaired) electrons. The Labute approximate surface area is 257 Å². The molecule has 1 N–H and O–H groups in total. The van der Waals surface area contributed by atoms with E-state index >= 15 is 0 Å². The number of aromatic nitrogens is 1. The summed E-state index contributed by atoms with van der Waals surface area (Å²) in [4.78, 5) is 44.2. The van der Waals surface area contributed by atoms with Gasteiger partial charge in [-0.3, -0.25) is 9.36 Å². The number of benzene rings is 2. The van der Waals surface area contributed by atoms with Crippen LogP contribution in [0.25, 0.3) is 17.4 Å². The topological polar surface area (TPSA) is 111 Å². The normalized spacial score (nSPS) is 15.0. The standard InChI is InChI=1S/C33H31ClN2O6S/c1-5-7-25-28(32(40)41-6-2)29(20-10-8-19(9-11-20)18(3)4)36-30(37)27(43-33(36)35-25)17-22-13-15-26(42-22)21-12-14-24(34)23(16-21)31(38)39/h8-18,29H,5-7H2,1-4H3,(H,38,39)/b27-17-/t29-/m0/s1. The lowest BCUT2D eigenvalue weighted by atomic mass is 9.92. The summed E-state index contributed by atoms with van der Waals surface area (Å²) in [6.45, 7) is 8.19. The van der Waals surface area contributed by atoms with Crippen molar-refractivity contribution in [1.82, 2.24) is 4.57 Å². The molecule has 0 saturated heterocycles. The number of rotatable bonds is 9. The van der Waals surface area contributed by atoms with Gasteiger partial charge in [0.15, 0.2) is 4.80 Å². The molecule has 0 saturated carbocycles. The van der Waals surface area contributed by atoms with Crippen LogP contribution < -0.4 is 14.9 Å². The van der Waals surface area contributed by atoms with Crippen LogP contribution in [0.4, 0.5) is 0 Å². The molecule has 4 aromatic rings. The molecule has 43 heavy (non-hydrogen) atoms. The molecule has 10 heteroatoms. The Morgan fingerprint density at radius 2 is 1.88 bits per heavy atom. The fourth-order valence-electron chi connectivity index (χ4n) is 5.06. The van der Waals surface area contributed by atoms with Gasteiger partial charge in [-0.15, -0.1) is 0 Å². The molecule has 8 nitrogen and oxygen atoms in total. The van der Waals surface area contributed by atoms with Crippen molar-refractivity contribution in [2.24, 2.45) is 4.99 Å². The van der Waals surface area contributed by atoms with Gasteiger partial charge in [0.05, 0.1) is 39.0 Å². The van der Waals surface area contributed by atoms with E-state index in [4.69, 9.17) is 25.7 Å². The first kappa shape index (κ1) is 30.3. The minimum absolute atomic E-state index is 0.0351. The number of aromatic carboxylic acids is 1. The molecule has 0 unspecified atom stereocenters. The van der Waals surface area contributed by atoms with Gasteiger partial charge in [0.25, 0.3) is 5.56 Å². The molecule has 0 spiro atoms. The Kier molecular flexibility index (Phi) is 8.84. The van der Waals surface area contributed by atoms with Crippen molar-refractivity contribution in [3.63, 3.8) is 0 Å². The van der Waals surface area contributed by atoms with Crippen molar-refractivity contribution in [1.29, 1.82) is 0 Å². The summed E-state index contributed by atoms with van der Waals surface area (Å²) in [6, 6.07) is 15.3. The molecule has 1 aliphatic rings. The Hall–Kier alpha value is -4.21. The lowest BCUT2D eigenvalue weighted by Gasteiger charge is -2.26. The monoisotopic (exact) mass is 618 g/mol. The summed E-state index contributed by atoms with van der Waals surface area (Å²) >= 11 is 7.24. The van der Waals surface area contributed by atoms with Crippen molar-refractivity contribution in [3.8, 4) is 11.3 Å². The van der Waals surface area contributed by atoms with E-state index in [-0.39, 0.29) is 22.8 Å². The number of carbonyl (C=O) groups excluding carboxylic acids is 1. The van der Waals surface area contributed by atoms with Gasteiger partial charge >= 0.3 is 11.9 Å². The van der Waals surface area contributed by atoms with Crippen molar-refractivity contribution in [2.45, 2.75) is 52.5 Å². The molecule has 2 aromatic heterocycles. The molecule has 0 amide bonds. The second-order valence-electron chi connectivity index (χ2n) is 10.4. The lowest BCUT2D eigenvalue weighted by Crippen LogP contribution is -2.40. The Morgan fingerprint density at radius 3 is 2.53 bits per heavy atom. The van der Waals surface area contributed by atoms with Crippen LogP contribution in [0.15, 0.2) is 80.1 Å². The first-order chi connectivity index (χ1) is 20.6. The number of carboxylic acid groups (broad SMARTS) is 1. The van der Waals surface area contributed by atoms with Crippen molar-refractivity contribution < 1.29 is 23.8 Å². The second kappa shape index (κ2) is 12.6. The summed E-state index contributed by atoms with van der Waals surface area (Å²) in [5.74, 6) is -0.466. The van der Waals surface area contributed by atoms with Crippen LogP contribution in [0.2, 0.25) is 5.02 Å². The number of nitrogens with zero attached hydrogens (tertiary/aromatic N) is 2. The van der Waals surface area contributed by atoms with Crippen LogP contribution in [0.1, 0.15) is 79.7 Å². The van der Waals surface area contributed by atoms with Gasteiger partial charge in [0.1, 0.15) is 11.5 Å². The van der Waals surface area contributed by atoms with Gasteiger partial charge in [-0.25, -0.2) is 14.6 Å². The molecule has 0 aliphatic carbocycles. The molecule has 0 fully saturated rings. The first-order valence-corrected chi connectivity index (χ1v) is 15.3. The van der Waals surface area contributed by atoms with Crippen LogP contribution in [0.3, 0.4) is 0 Å². The number of ether oxygens (including phenoxy) is 1. The van der Waals surface area contributed by atoms with Crippen LogP contribution in [0.5, 0.6) is 0 Å². The molecule has 1 aliphatic heterocycles. The zero-order chi connectivity index (χ0) is 30.8. The van der Waals surface area contributed by atoms with Gasteiger partial charge in [-0.05, 0) is 60.7 Å². The minimum atomic E-state index is -1.14. The van der Waals surface area contributed by atoms with Gasteiger partial charge in [-0.1, -0.05) is 74.4 Å². The van der Waals surface area contributed by atoms with E-state index in [1.807, 2.05) is 31.2 Å².